The van der Waals surface area contributed by atoms with Crippen LogP contribution in [-0.4, -0.2) is 24.5 Å². The van der Waals surface area contributed by atoms with Crippen molar-refractivity contribution < 1.29 is 9.21 Å². The molecule has 1 heterocycles. The van der Waals surface area contributed by atoms with Crippen molar-refractivity contribution in [2.24, 2.45) is 5.41 Å². The quantitative estimate of drug-likeness (QED) is 0.768. The first-order valence-corrected chi connectivity index (χ1v) is 6.22. The Kier molecular flexibility index (Phi) is 2.67. The predicted octanol–water partition coefficient (Wildman–Crippen LogP) is 1.06. The molecule has 1 saturated carbocycles. The van der Waals surface area contributed by atoms with E-state index in [-0.39, 0.29) is 11.3 Å². The molecule has 1 fully saturated rings. The van der Waals surface area contributed by atoms with E-state index in [0.717, 1.165) is 12.8 Å². The van der Waals surface area contributed by atoms with Gasteiger partial charge in [-0.3, -0.25) is 9.78 Å². The van der Waals surface area contributed by atoms with E-state index in [2.05, 4.69) is 15.6 Å². The van der Waals surface area contributed by atoms with Gasteiger partial charge in [0.15, 0.2) is 5.58 Å². The zero-order valence-electron chi connectivity index (χ0n) is 10.6. The lowest BCUT2D eigenvalue weighted by atomic mass is 10.1. The van der Waals surface area contributed by atoms with E-state index in [1.165, 1.54) is 0 Å². The summed E-state index contributed by atoms with van der Waals surface area (Å²) in [6.07, 6.45) is 1.81. The van der Waals surface area contributed by atoms with Crippen LogP contribution in [0.4, 0.5) is 5.69 Å². The average Bonchev–Trinajstić information content (AvgIpc) is 3.05. The molecule has 100 valence electrons. The molecule has 0 bridgehead atoms. The summed E-state index contributed by atoms with van der Waals surface area (Å²) in [5.41, 5.74) is 1.46. The molecule has 3 N–H and O–H groups in total. The van der Waals surface area contributed by atoms with Crippen molar-refractivity contribution in [1.29, 1.82) is 0 Å². The number of benzene rings is 1. The zero-order valence-corrected chi connectivity index (χ0v) is 10.6. The molecule has 1 aromatic heterocycles. The summed E-state index contributed by atoms with van der Waals surface area (Å²) < 4.78 is 4.91. The van der Waals surface area contributed by atoms with E-state index in [4.69, 9.17) is 4.42 Å². The fraction of sp³-hybridized carbons (Fsp3) is 0.385. The molecule has 0 spiro atoms. The highest BCUT2D eigenvalue weighted by Crippen LogP contribution is 2.45. The second-order valence-electron chi connectivity index (χ2n) is 4.99. The van der Waals surface area contributed by atoms with Crippen LogP contribution in [0, 0.1) is 5.41 Å². The average molecular weight is 261 g/mol. The van der Waals surface area contributed by atoms with Gasteiger partial charge in [0, 0.05) is 12.2 Å². The largest absolute Gasteiger partial charge is 0.417 e. The number of H-pyrrole nitrogens is 1. The number of aromatic amines is 1. The second kappa shape index (κ2) is 4.24. The summed E-state index contributed by atoms with van der Waals surface area (Å²) >= 11 is 0. The molecule has 0 aliphatic heterocycles. The molecule has 19 heavy (non-hydrogen) atoms. The van der Waals surface area contributed by atoms with Crippen LogP contribution in [0.2, 0.25) is 0 Å². The van der Waals surface area contributed by atoms with Crippen LogP contribution in [0.1, 0.15) is 12.8 Å². The number of carbonyl (C=O) groups is 1. The van der Waals surface area contributed by atoms with Crippen molar-refractivity contribution in [2.75, 3.05) is 18.9 Å². The van der Waals surface area contributed by atoms with Gasteiger partial charge < -0.3 is 15.1 Å². The maximum absolute atomic E-state index is 12.2. The van der Waals surface area contributed by atoms with E-state index in [9.17, 15) is 9.59 Å². The Morgan fingerprint density at radius 3 is 2.95 bits per heavy atom. The zero-order chi connectivity index (χ0) is 13.5. The van der Waals surface area contributed by atoms with Crippen molar-refractivity contribution in [1.82, 2.24) is 10.3 Å². The van der Waals surface area contributed by atoms with Gasteiger partial charge in [-0.25, -0.2) is 4.79 Å². The topological polar surface area (TPSA) is 87.1 Å². The highest BCUT2D eigenvalue weighted by molar-refractivity contribution is 5.98. The number of nitrogens with one attached hydrogen (secondary N) is 3. The standard InChI is InChI=1S/C13H15N3O3/c1-14-7-13(4-5-13)11(17)15-8-2-3-10-9(6-8)16-12(18)19-10/h2-3,6,14H,4-5,7H2,1H3,(H,15,17)(H,16,18). The molecule has 1 aromatic carbocycles. The molecule has 6 heteroatoms. The number of anilines is 1. The molecular weight excluding hydrogens is 246 g/mol. The van der Waals surface area contributed by atoms with E-state index >= 15 is 0 Å². The van der Waals surface area contributed by atoms with Gasteiger partial charge in [0.2, 0.25) is 5.91 Å². The van der Waals surface area contributed by atoms with Crippen LogP contribution in [-0.2, 0) is 4.79 Å². The van der Waals surface area contributed by atoms with Gasteiger partial charge in [-0.05, 0) is 38.1 Å². The number of rotatable bonds is 4. The predicted molar refractivity (Wildman–Crippen MR) is 71.1 cm³/mol. The highest BCUT2D eigenvalue weighted by Gasteiger charge is 2.49. The molecule has 0 atom stereocenters. The number of amides is 1. The smallest absolute Gasteiger partial charge is 0.408 e. The lowest BCUT2D eigenvalue weighted by molar-refractivity contribution is -0.120. The number of hydrogen-bond donors (Lipinski definition) is 3. The summed E-state index contributed by atoms with van der Waals surface area (Å²) in [6, 6.07) is 5.10. The number of carbonyl (C=O) groups excluding carboxylic acids is 1. The fourth-order valence-corrected chi connectivity index (χ4v) is 2.27. The maximum atomic E-state index is 12.2. The maximum Gasteiger partial charge on any atom is 0.417 e. The van der Waals surface area contributed by atoms with Crippen LogP contribution in [0.25, 0.3) is 11.1 Å². The molecule has 6 nitrogen and oxygen atoms in total. The van der Waals surface area contributed by atoms with Crippen molar-refractivity contribution in [3.8, 4) is 0 Å². The Morgan fingerprint density at radius 2 is 2.26 bits per heavy atom. The van der Waals surface area contributed by atoms with Crippen LogP contribution in [0.15, 0.2) is 27.4 Å². The van der Waals surface area contributed by atoms with Gasteiger partial charge in [0.05, 0.1) is 10.9 Å². The number of hydrogen-bond acceptors (Lipinski definition) is 4. The van der Waals surface area contributed by atoms with E-state index in [0.29, 0.717) is 23.3 Å². The minimum atomic E-state index is -0.493. The lowest BCUT2D eigenvalue weighted by Gasteiger charge is -2.14. The van der Waals surface area contributed by atoms with E-state index < -0.39 is 5.76 Å². The summed E-state index contributed by atoms with van der Waals surface area (Å²) in [6.45, 7) is 0.684. The first kappa shape index (κ1) is 12.0. The highest BCUT2D eigenvalue weighted by atomic mass is 16.4. The molecule has 1 aliphatic rings. The molecule has 1 amide bonds. The molecule has 0 radical (unpaired) electrons. The van der Waals surface area contributed by atoms with Crippen LogP contribution < -0.4 is 16.4 Å². The summed E-state index contributed by atoms with van der Waals surface area (Å²) in [5, 5.41) is 5.94. The molecule has 2 aromatic rings. The van der Waals surface area contributed by atoms with Gasteiger partial charge in [0.1, 0.15) is 0 Å². The van der Waals surface area contributed by atoms with Gasteiger partial charge in [-0.15, -0.1) is 0 Å². The van der Waals surface area contributed by atoms with Gasteiger partial charge >= 0.3 is 5.76 Å². The Labute approximate surface area is 109 Å². The Bertz CT molecular complexity index is 682. The molecular formula is C13H15N3O3. The first-order valence-electron chi connectivity index (χ1n) is 6.22. The third-order valence-corrected chi connectivity index (χ3v) is 3.53. The number of aromatic nitrogens is 1. The Hall–Kier alpha value is -2.08. The fourth-order valence-electron chi connectivity index (χ4n) is 2.27. The third kappa shape index (κ3) is 2.15. The minimum absolute atomic E-state index is 0.0204. The van der Waals surface area contributed by atoms with E-state index in [1.807, 2.05) is 7.05 Å². The summed E-state index contributed by atoms with van der Waals surface area (Å²) in [7, 11) is 1.84. The minimum Gasteiger partial charge on any atom is -0.408 e. The van der Waals surface area contributed by atoms with Crippen LogP contribution in [0.5, 0.6) is 0 Å². The van der Waals surface area contributed by atoms with E-state index in [1.54, 1.807) is 18.2 Å². The molecule has 1 aliphatic carbocycles. The van der Waals surface area contributed by atoms with Crippen molar-refractivity contribution >= 4 is 22.7 Å². The van der Waals surface area contributed by atoms with Crippen molar-refractivity contribution in [3.05, 3.63) is 28.7 Å². The molecule has 0 unspecified atom stereocenters. The second-order valence-corrected chi connectivity index (χ2v) is 4.99. The molecule has 3 rings (SSSR count). The first-order chi connectivity index (χ1) is 9.13. The van der Waals surface area contributed by atoms with Crippen LogP contribution in [0.3, 0.4) is 0 Å². The summed E-state index contributed by atoms with van der Waals surface area (Å²) in [4.78, 5) is 25.8. The van der Waals surface area contributed by atoms with Crippen LogP contribution >= 0.6 is 0 Å². The number of oxazole rings is 1. The molecule has 0 saturated heterocycles. The third-order valence-electron chi connectivity index (χ3n) is 3.53. The van der Waals surface area contributed by atoms with Crippen molar-refractivity contribution in [2.45, 2.75) is 12.8 Å². The normalized spacial score (nSPS) is 16.5. The SMILES string of the molecule is CNCC1(C(=O)Nc2ccc3oc(=O)[nH]c3c2)CC1. The van der Waals surface area contributed by atoms with Gasteiger partial charge in [-0.1, -0.05) is 0 Å². The monoisotopic (exact) mass is 261 g/mol. The van der Waals surface area contributed by atoms with Gasteiger partial charge in [-0.2, -0.15) is 0 Å². The lowest BCUT2D eigenvalue weighted by Crippen LogP contribution is -2.32. The summed E-state index contributed by atoms with van der Waals surface area (Å²) in [5.74, 6) is -0.473. The number of fused-ring (bicyclic) bond motifs is 1. The Morgan fingerprint density at radius 1 is 1.47 bits per heavy atom. The van der Waals surface area contributed by atoms with Gasteiger partial charge in [0.25, 0.3) is 0 Å². The van der Waals surface area contributed by atoms with Crippen molar-refractivity contribution in [3.63, 3.8) is 0 Å². The Balaban J connectivity index is 1.81.